The molecule has 0 fully saturated rings. The van der Waals surface area contributed by atoms with Crippen LogP contribution < -0.4 is 5.73 Å². The van der Waals surface area contributed by atoms with E-state index in [1.54, 1.807) is 11.9 Å². The molecule has 3 nitrogen and oxygen atoms in total. The number of rotatable bonds is 4. The Labute approximate surface area is 108 Å². The minimum atomic E-state index is -0.109. The first-order chi connectivity index (χ1) is 7.91. The van der Waals surface area contributed by atoms with Gasteiger partial charge in [-0.05, 0) is 31.5 Å². The molecule has 4 heteroatoms. The smallest absolute Gasteiger partial charge is 0.224 e. The zero-order valence-electron chi connectivity index (χ0n) is 10.5. The Bertz CT molecular complexity index is 376. The van der Waals surface area contributed by atoms with Crippen LogP contribution in [0.1, 0.15) is 31.9 Å². The van der Waals surface area contributed by atoms with Gasteiger partial charge in [0.25, 0.3) is 0 Å². The molecule has 0 saturated carbocycles. The van der Waals surface area contributed by atoms with E-state index < -0.39 is 0 Å². The first-order valence-electron chi connectivity index (χ1n) is 5.68. The van der Waals surface area contributed by atoms with Gasteiger partial charge in [-0.1, -0.05) is 23.7 Å². The molecule has 0 saturated heterocycles. The average Bonchev–Trinajstić information content (AvgIpc) is 2.27. The monoisotopic (exact) mass is 254 g/mol. The molecule has 1 amide bonds. The molecular weight excluding hydrogens is 236 g/mol. The third-order valence-corrected chi connectivity index (χ3v) is 3.08. The van der Waals surface area contributed by atoms with Crippen molar-refractivity contribution in [3.8, 4) is 0 Å². The summed E-state index contributed by atoms with van der Waals surface area (Å²) in [7, 11) is 1.80. The highest BCUT2D eigenvalue weighted by molar-refractivity contribution is 6.30. The number of benzene rings is 1. The highest BCUT2D eigenvalue weighted by Gasteiger charge is 2.17. The lowest BCUT2D eigenvalue weighted by atomic mass is 10.1. The quantitative estimate of drug-likeness (QED) is 0.898. The second-order valence-electron chi connectivity index (χ2n) is 4.41. The minimum Gasteiger partial charge on any atom is -0.339 e. The van der Waals surface area contributed by atoms with Gasteiger partial charge in [0.2, 0.25) is 5.91 Å². The number of carbonyl (C=O) groups excluding carboxylic acids is 1. The predicted molar refractivity (Wildman–Crippen MR) is 70.9 cm³/mol. The largest absolute Gasteiger partial charge is 0.339 e. The summed E-state index contributed by atoms with van der Waals surface area (Å²) in [5, 5.41) is 0.700. The Kier molecular flexibility index (Phi) is 4.97. The highest BCUT2D eigenvalue weighted by atomic mass is 35.5. The summed E-state index contributed by atoms with van der Waals surface area (Å²) in [5.74, 6) is 0.0578. The summed E-state index contributed by atoms with van der Waals surface area (Å²) in [6, 6.07) is 7.45. The van der Waals surface area contributed by atoms with Gasteiger partial charge in [-0.15, -0.1) is 0 Å². The lowest BCUT2D eigenvalue weighted by molar-refractivity contribution is -0.132. The molecule has 0 aliphatic carbocycles. The van der Waals surface area contributed by atoms with E-state index in [0.717, 1.165) is 5.56 Å². The van der Waals surface area contributed by atoms with Gasteiger partial charge in [0, 0.05) is 24.5 Å². The third kappa shape index (κ3) is 4.02. The van der Waals surface area contributed by atoms with Crippen molar-refractivity contribution in [2.75, 3.05) is 7.05 Å². The van der Waals surface area contributed by atoms with E-state index in [4.69, 9.17) is 17.3 Å². The maximum absolute atomic E-state index is 11.9. The Hall–Kier alpha value is -1.06. The fourth-order valence-electron chi connectivity index (χ4n) is 1.60. The van der Waals surface area contributed by atoms with Crippen molar-refractivity contribution >= 4 is 17.5 Å². The number of amides is 1. The number of carbonyl (C=O) groups is 1. The molecule has 0 aliphatic rings. The molecule has 0 aliphatic heterocycles. The van der Waals surface area contributed by atoms with Gasteiger partial charge in [0.05, 0.1) is 6.04 Å². The van der Waals surface area contributed by atoms with Gasteiger partial charge in [-0.25, -0.2) is 0 Å². The molecule has 94 valence electrons. The topological polar surface area (TPSA) is 46.3 Å². The molecular formula is C13H19ClN2O. The van der Waals surface area contributed by atoms with Gasteiger partial charge in [-0.2, -0.15) is 0 Å². The van der Waals surface area contributed by atoms with E-state index in [1.165, 1.54) is 0 Å². The Morgan fingerprint density at radius 3 is 2.35 bits per heavy atom. The van der Waals surface area contributed by atoms with E-state index in [-0.39, 0.29) is 18.0 Å². The Morgan fingerprint density at radius 1 is 1.35 bits per heavy atom. The number of nitrogens with zero attached hydrogens (tertiary/aromatic N) is 1. The summed E-state index contributed by atoms with van der Waals surface area (Å²) in [6.45, 7) is 3.82. The molecule has 0 aromatic heterocycles. The van der Waals surface area contributed by atoms with Crippen molar-refractivity contribution < 1.29 is 4.79 Å². The van der Waals surface area contributed by atoms with Crippen LogP contribution in [-0.2, 0) is 4.79 Å². The van der Waals surface area contributed by atoms with Gasteiger partial charge >= 0.3 is 0 Å². The number of hydrogen-bond donors (Lipinski definition) is 1. The maximum atomic E-state index is 11.9. The first kappa shape index (κ1) is 14.0. The molecule has 2 unspecified atom stereocenters. The zero-order chi connectivity index (χ0) is 13.0. The highest BCUT2D eigenvalue weighted by Crippen LogP contribution is 2.21. The summed E-state index contributed by atoms with van der Waals surface area (Å²) < 4.78 is 0. The molecule has 1 aromatic carbocycles. The fourth-order valence-corrected chi connectivity index (χ4v) is 1.73. The average molecular weight is 255 g/mol. The van der Waals surface area contributed by atoms with E-state index >= 15 is 0 Å². The molecule has 0 spiro atoms. The van der Waals surface area contributed by atoms with Crippen molar-refractivity contribution in [2.24, 2.45) is 5.73 Å². The SMILES string of the molecule is CC(N)CC(=O)N(C)C(C)c1ccc(Cl)cc1. The van der Waals surface area contributed by atoms with Crippen LogP contribution in [0.4, 0.5) is 0 Å². The van der Waals surface area contributed by atoms with Crippen LogP contribution in [0.25, 0.3) is 0 Å². The maximum Gasteiger partial charge on any atom is 0.224 e. The normalized spacial score (nSPS) is 14.2. The molecule has 0 radical (unpaired) electrons. The molecule has 1 rings (SSSR count). The molecule has 0 heterocycles. The summed E-state index contributed by atoms with van der Waals surface area (Å²) in [6.07, 6.45) is 0.369. The number of hydrogen-bond acceptors (Lipinski definition) is 2. The zero-order valence-corrected chi connectivity index (χ0v) is 11.2. The number of nitrogens with two attached hydrogens (primary N) is 1. The third-order valence-electron chi connectivity index (χ3n) is 2.82. The van der Waals surface area contributed by atoms with Crippen LogP contribution in [0.3, 0.4) is 0 Å². The number of halogens is 1. The minimum absolute atomic E-state index is 0.0264. The van der Waals surface area contributed by atoms with Crippen LogP contribution in [-0.4, -0.2) is 23.9 Å². The van der Waals surface area contributed by atoms with Gasteiger partial charge in [0.15, 0.2) is 0 Å². The van der Waals surface area contributed by atoms with Crippen molar-refractivity contribution in [1.29, 1.82) is 0 Å². The lowest BCUT2D eigenvalue weighted by Crippen LogP contribution is -2.33. The van der Waals surface area contributed by atoms with Crippen LogP contribution in [0, 0.1) is 0 Å². The van der Waals surface area contributed by atoms with E-state index in [0.29, 0.717) is 11.4 Å². The molecule has 2 atom stereocenters. The van der Waals surface area contributed by atoms with Crippen molar-refractivity contribution in [3.05, 3.63) is 34.9 Å². The van der Waals surface area contributed by atoms with Crippen molar-refractivity contribution in [1.82, 2.24) is 4.90 Å². The van der Waals surface area contributed by atoms with Crippen LogP contribution in [0.15, 0.2) is 24.3 Å². The first-order valence-corrected chi connectivity index (χ1v) is 6.06. The van der Waals surface area contributed by atoms with E-state index in [1.807, 2.05) is 38.1 Å². The summed E-state index contributed by atoms with van der Waals surface area (Å²) in [5.41, 5.74) is 6.69. The Balaban J connectivity index is 2.72. The molecule has 1 aromatic rings. The van der Waals surface area contributed by atoms with Crippen LogP contribution >= 0.6 is 11.6 Å². The second kappa shape index (κ2) is 6.03. The summed E-state index contributed by atoms with van der Waals surface area (Å²) >= 11 is 5.83. The van der Waals surface area contributed by atoms with Gasteiger partial charge in [0.1, 0.15) is 0 Å². The van der Waals surface area contributed by atoms with Crippen LogP contribution in [0.2, 0.25) is 5.02 Å². The van der Waals surface area contributed by atoms with E-state index in [2.05, 4.69) is 0 Å². The van der Waals surface area contributed by atoms with Gasteiger partial charge in [-0.3, -0.25) is 4.79 Å². The molecule has 17 heavy (non-hydrogen) atoms. The summed E-state index contributed by atoms with van der Waals surface area (Å²) in [4.78, 5) is 13.6. The van der Waals surface area contributed by atoms with Crippen molar-refractivity contribution in [3.63, 3.8) is 0 Å². The predicted octanol–water partition coefficient (Wildman–Crippen LogP) is 2.60. The van der Waals surface area contributed by atoms with Gasteiger partial charge < -0.3 is 10.6 Å². The Morgan fingerprint density at radius 2 is 1.88 bits per heavy atom. The lowest BCUT2D eigenvalue weighted by Gasteiger charge is -2.26. The molecule has 0 bridgehead atoms. The van der Waals surface area contributed by atoms with Crippen LogP contribution in [0.5, 0.6) is 0 Å². The standard InChI is InChI=1S/C13H19ClN2O/c1-9(15)8-13(17)16(3)10(2)11-4-6-12(14)7-5-11/h4-7,9-10H,8,15H2,1-3H3. The van der Waals surface area contributed by atoms with E-state index in [9.17, 15) is 4.79 Å². The molecule has 2 N–H and O–H groups in total. The second-order valence-corrected chi connectivity index (χ2v) is 4.85. The van der Waals surface area contributed by atoms with Crippen molar-refractivity contribution in [2.45, 2.75) is 32.4 Å². The fraction of sp³-hybridized carbons (Fsp3) is 0.462.